The van der Waals surface area contributed by atoms with E-state index in [0.29, 0.717) is 21.8 Å². The van der Waals surface area contributed by atoms with E-state index in [1.807, 2.05) is 39.3 Å². The van der Waals surface area contributed by atoms with Crippen LogP contribution in [0.25, 0.3) is 21.3 Å². The lowest BCUT2D eigenvalue weighted by molar-refractivity contribution is 0.102. The predicted octanol–water partition coefficient (Wildman–Crippen LogP) is 6.01. The van der Waals surface area contributed by atoms with Crippen LogP contribution in [-0.4, -0.2) is 50.0 Å². The van der Waals surface area contributed by atoms with Gasteiger partial charge in [-0.3, -0.25) is 4.79 Å². The van der Waals surface area contributed by atoms with E-state index in [1.54, 1.807) is 41.7 Å². The number of fused-ring (bicyclic) bond motifs is 1. The van der Waals surface area contributed by atoms with Crippen LogP contribution in [0, 0.1) is 5.82 Å². The van der Waals surface area contributed by atoms with E-state index in [0.717, 1.165) is 34.0 Å². The molecule has 0 saturated carbocycles. The topological polar surface area (TPSA) is 48.5 Å². The molecule has 0 radical (unpaired) electrons. The second-order valence-corrected chi connectivity index (χ2v) is 9.48. The van der Waals surface area contributed by atoms with Gasteiger partial charge in [0.1, 0.15) is 5.82 Å². The van der Waals surface area contributed by atoms with E-state index in [9.17, 15) is 9.18 Å². The SMILES string of the molecule is CN(C)CCN(C)c1nc2ccc(NC(=O)c3ccc(-c4ccc(F)cc4Cl)cc3)cc2s1. The molecule has 4 rings (SSSR count). The summed E-state index contributed by atoms with van der Waals surface area (Å²) in [5, 5.41) is 4.23. The van der Waals surface area contributed by atoms with Gasteiger partial charge in [0.2, 0.25) is 0 Å². The maximum atomic E-state index is 13.3. The van der Waals surface area contributed by atoms with Crippen LogP contribution in [-0.2, 0) is 0 Å². The molecule has 0 fully saturated rings. The van der Waals surface area contributed by atoms with Crippen molar-refractivity contribution in [2.24, 2.45) is 0 Å². The second-order valence-electron chi connectivity index (χ2n) is 8.06. The van der Waals surface area contributed by atoms with Crippen molar-refractivity contribution >= 4 is 49.9 Å². The van der Waals surface area contributed by atoms with Crippen molar-refractivity contribution in [1.29, 1.82) is 0 Å². The minimum Gasteiger partial charge on any atom is -0.350 e. The monoisotopic (exact) mass is 482 g/mol. The van der Waals surface area contributed by atoms with Crippen LogP contribution in [0.4, 0.5) is 15.2 Å². The number of nitrogens with one attached hydrogen (secondary N) is 1. The highest BCUT2D eigenvalue weighted by atomic mass is 35.5. The summed E-state index contributed by atoms with van der Waals surface area (Å²) < 4.78 is 14.3. The number of nitrogens with zero attached hydrogens (tertiary/aromatic N) is 3. The number of carbonyl (C=O) groups excluding carboxylic acids is 1. The first-order chi connectivity index (χ1) is 15.8. The summed E-state index contributed by atoms with van der Waals surface area (Å²) in [5.74, 6) is -0.594. The zero-order chi connectivity index (χ0) is 23.5. The van der Waals surface area contributed by atoms with Gasteiger partial charge in [-0.25, -0.2) is 9.37 Å². The first-order valence-corrected chi connectivity index (χ1v) is 11.6. The fraction of sp³-hybridized carbons (Fsp3) is 0.200. The summed E-state index contributed by atoms with van der Waals surface area (Å²) in [6.45, 7) is 1.83. The molecule has 0 aliphatic rings. The summed E-state index contributed by atoms with van der Waals surface area (Å²) in [5.41, 5.74) is 3.67. The average Bonchev–Trinajstić information content (AvgIpc) is 3.21. The number of carbonyl (C=O) groups is 1. The Kier molecular flexibility index (Phi) is 6.93. The maximum Gasteiger partial charge on any atom is 0.255 e. The molecule has 4 aromatic rings. The van der Waals surface area contributed by atoms with Crippen LogP contribution >= 0.6 is 22.9 Å². The number of aromatic nitrogens is 1. The molecule has 170 valence electrons. The molecule has 1 N–H and O–H groups in total. The molecule has 5 nitrogen and oxygen atoms in total. The highest BCUT2D eigenvalue weighted by molar-refractivity contribution is 7.22. The van der Waals surface area contributed by atoms with Gasteiger partial charge in [-0.05, 0) is 68.2 Å². The zero-order valence-corrected chi connectivity index (χ0v) is 20.2. The van der Waals surface area contributed by atoms with Gasteiger partial charge in [0.05, 0.1) is 15.2 Å². The molecule has 8 heteroatoms. The average molecular weight is 483 g/mol. The van der Waals surface area contributed by atoms with Crippen LogP contribution < -0.4 is 10.2 Å². The number of hydrogen-bond acceptors (Lipinski definition) is 5. The minimum absolute atomic E-state index is 0.209. The minimum atomic E-state index is -0.384. The van der Waals surface area contributed by atoms with Gasteiger partial charge in [0.15, 0.2) is 5.13 Å². The van der Waals surface area contributed by atoms with Crippen molar-refractivity contribution in [3.63, 3.8) is 0 Å². The Labute approximate surface area is 201 Å². The van der Waals surface area contributed by atoms with Gasteiger partial charge in [0, 0.05) is 37.0 Å². The standard InChI is InChI=1S/C25H24ClFN4OS/c1-30(2)12-13-31(3)25-29-22-11-9-19(15-23(22)33-25)28-24(32)17-6-4-16(5-7-17)20-10-8-18(27)14-21(20)26/h4-11,14-15H,12-13H2,1-3H3,(H,28,32). The Bertz CT molecular complexity index is 1290. The molecule has 0 aliphatic carbocycles. The third-order valence-corrected chi connectivity index (χ3v) is 6.68. The van der Waals surface area contributed by atoms with Crippen molar-refractivity contribution in [3.05, 3.63) is 77.1 Å². The Morgan fingerprint density at radius 1 is 1.03 bits per heavy atom. The van der Waals surface area contributed by atoms with E-state index in [4.69, 9.17) is 16.6 Å². The molecule has 1 heterocycles. The number of anilines is 2. The molecule has 0 saturated heterocycles. The van der Waals surface area contributed by atoms with Gasteiger partial charge in [-0.1, -0.05) is 35.1 Å². The highest BCUT2D eigenvalue weighted by Crippen LogP contribution is 2.31. The molecule has 0 atom stereocenters. The van der Waals surface area contributed by atoms with Crippen molar-refractivity contribution in [3.8, 4) is 11.1 Å². The van der Waals surface area contributed by atoms with Crippen LogP contribution in [0.3, 0.4) is 0 Å². The van der Waals surface area contributed by atoms with Gasteiger partial charge in [0.25, 0.3) is 5.91 Å². The molecule has 0 spiro atoms. The quantitative estimate of drug-likeness (QED) is 0.350. The molecule has 0 aliphatic heterocycles. The summed E-state index contributed by atoms with van der Waals surface area (Å²) in [6, 6.07) is 17.1. The van der Waals surface area contributed by atoms with Gasteiger partial charge in [-0.15, -0.1) is 0 Å². The number of likely N-dealkylation sites (N-methyl/N-ethyl adjacent to an activating group) is 2. The molecule has 1 amide bonds. The molecule has 0 unspecified atom stereocenters. The summed E-state index contributed by atoms with van der Waals surface area (Å²) in [4.78, 5) is 21.7. The number of amides is 1. The molecular weight excluding hydrogens is 459 g/mol. The van der Waals surface area contributed by atoms with Crippen LogP contribution in [0.1, 0.15) is 10.4 Å². The number of benzene rings is 3. The first-order valence-electron chi connectivity index (χ1n) is 10.4. The van der Waals surface area contributed by atoms with Crippen LogP contribution in [0.5, 0.6) is 0 Å². The maximum absolute atomic E-state index is 13.3. The lowest BCUT2D eigenvalue weighted by Crippen LogP contribution is -2.28. The van der Waals surface area contributed by atoms with Gasteiger partial charge in [-0.2, -0.15) is 0 Å². The summed E-state index contributed by atoms with van der Waals surface area (Å²) in [6.07, 6.45) is 0. The zero-order valence-electron chi connectivity index (χ0n) is 18.6. The number of thiazole rings is 1. The third-order valence-electron chi connectivity index (χ3n) is 5.23. The molecule has 33 heavy (non-hydrogen) atoms. The van der Waals surface area contributed by atoms with Gasteiger partial charge < -0.3 is 15.1 Å². The molecule has 0 bridgehead atoms. The summed E-state index contributed by atoms with van der Waals surface area (Å²) >= 11 is 7.75. The number of rotatable bonds is 7. The summed E-state index contributed by atoms with van der Waals surface area (Å²) in [7, 11) is 6.13. The normalized spacial score (nSPS) is 11.2. The Hall–Kier alpha value is -3.00. The smallest absolute Gasteiger partial charge is 0.255 e. The lowest BCUT2D eigenvalue weighted by Gasteiger charge is -2.18. The Morgan fingerprint density at radius 3 is 2.48 bits per heavy atom. The van der Waals surface area contributed by atoms with Crippen LogP contribution in [0.2, 0.25) is 5.02 Å². The van der Waals surface area contributed by atoms with E-state index in [-0.39, 0.29) is 11.7 Å². The first kappa shape index (κ1) is 23.2. The highest BCUT2D eigenvalue weighted by Gasteiger charge is 2.12. The van der Waals surface area contributed by atoms with Crippen molar-refractivity contribution < 1.29 is 9.18 Å². The Balaban J connectivity index is 1.47. The van der Waals surface area contributed by atoms with E-state index >= 15 is 0 Å². The number of halogens is 2. The van der Waals surface area contributed by atoms with E-state index in [2.05, 4.69) is 15.1 Å². The van der Waals surface area contributed by atoms with Crippen molar-refractivity contribution in [2.75, 3.05) is 44.4 Å². The lowest BCUT2D eigenvalue weighted by atomic mass is 10.0. The fourth-order valence-corrected chi connectivity index (χ4v) is 4.60. The second kappa shape index (κ2) is 9.87. The predicted molar refractivity (Wildman–Crippen MR) is 136 cm³/mol. The van der Waals surface area contributed by atoms with Crippen molar-refractivity contribution in [2.45, 2.75) is 0 Å². The van der Waals surface area contributed by atoms with Crippen molar-refractivity contribution in [1.82, 2.24) is 9.88 Å². The largest absolute Gasteiger partial charge is 0.350 e. The molecular formula is C25H24ClFN4OS. The Morgan fingerprint density at radius 2 is 1.79 bits per heavy atom. The van der Waals surface area contributed by atoms with Gasteiger partial charge >= 0.3 is 0 Å². The molecule has 3 aromatic carbocycles. The molecule has 1 aromatic heterocycles. The van der Waals surface area contributed by atoms with Crippen LogP contribution in [0.15, 0.2) is 60.7 Å². The third kappa shape index (κ3) is 5.50. The van der Waals surface area contributed by atoms with E-state index < -0.39 is 0 Å². The van der Waals surface area contributed by atoms with E-state index in [1.165, 1.54) is 12.1 Å². The number of hydrogen-bond donors (Lipinski definition) is 1. The fourth-order valence-electron chi connectivity index (χ4n) is 3.33.